The fourth-order valence-corrected chi connectivity index (χ4v) is 3.12. The van der Waals surface area contributed by atoms with E-state index in [-0.39, 0.29) is 11.5 Å². The molecule has 1 saturated heterocycles. The summed E-state index contributed by atoms with van der Waals surface area (Å²) in [4.78, 5) is 37.2. The summed E-state index contributed by atoms with van der Waals surface area (Å²) in [5.74, 6) is -0.502. The van der Waals surface area contributed by atoms with Crippen LogP contribution in [0.2, 0.25) is 0 Å². The van der Waals surface area contributed by atoms with Crippen LogP contribution in [0.1, 0.15) is 35.8 Å². The zero-order chi connectivity index (χ0) is 17.8. The standard InChI is InChI=1S/C18H20N4O3/c1-12(23)22-4-2-3-13(11-22)5-16-9-21-17(10-20-16)14-6-15(18(24)25)8-19-7-14/h6-10,13H,2-5,11H2,1H3,(H,24,25)/t13-/m0/s1. The van der Waals surface area contributed by atoms with Crippen molar-refractivity contribution >= 4 is 11.9 Å². The molecule has 1 N–H and O–H groups in total. The molecule has 130 valence electrons. The second-order valence-electron chi connectivity index (χ2n) is 6.34. The van der Waals surface area contributed by atoms with Gasteiger partial charge in [-0.15, -0.1) is 0 Å². The van der Waals surface area contributed by atoms with Crippen LogP contribution in [0.5, 0.6) is 0 Å². The van der Waals surface area contributed by atoms with Crippen molar-refractivity contribution in [2.45, 2.75) is 26.2 Å². The molecule has 7 heteroatoms. The molecule has 0 aliphatic carbocycles. The van der Waals surface area contributed by atoms with Crippen LogP contribution >= 0.6 is 0 Å². The van der Waals surface area contributed by atoms with Crippen LogP contribution < -0.4 is 0 Å². The van der Waals surface area contributed by atoms with E-state index in [1.54, 1.807) is 25.5 Å². The summed E-state index contributed by atoms with van der Waals surface area (Å²) >= 11 is 0. The van der Waals surface area contributed by atoms with Crippen molar-refractivity contribution in [3.05, 3.63) is 42.1 Å². The first kappa shape index (κ1) is 17.0. The number of hydrogen-bond donors (Lipinski definition) is 1. The molecule has 0 aromatic carbocycles. The van der Waals surface area contributed by atoms with Gasteiger partial charge >= 0.3 is 5.97 Å². The van der Waals surface area contributed by atoms with E-state index in [1.165, 1.54) is 12.3 Å². The summed E-state index contributed by atoms with van der Waals surface area (Å²) in [5, 5.41) is 9.04. The zero-order valence-electron chi connectivity index (χ0n) is 14.1. The molecule has 3 heterocycles. The Balaban J connectivity index is 1.69. The Kier molecular flexibility index (Phi) is 5.02. The minimum Gasteiger partial charge on any atom is -0.478 e. The quantitative estimate of drug-likeness (QED) is 0.915. The van der Waals surface area contributed by atoms with Crippen molar-refractivity contribution in [2.24, 2.45) is 5.92 Å². The minimum atomic E-state index is -1.02. The molecule has 1 fully saturated rings. The Bertz CT molecular complexity index is 776. The normalized spacial score (nSPS) is 17.3. The van der Waals surface area contributed by atoms with Gasteiger partial charge in [0.15, 0.2) is 0 Å². The molecule has 1 amide bonds. The van der Waals surface area contributed by atoms with Gasteiger partial charge in [-0.3, -0.25) is 19.7 Å². The summed E-state index contributed by atoms with van der Waals surface area (Å²) in [6.07, 6.45) is 9.12. The third kappa shape index (κ3) is 4.17. The van der Waals surface area contributed by atoms with E-state index in [1.807, 2.05) is 4.90 Å². The number of carboxylic acids is 1. The number of piperidine rings is 1. The zero-order valence-corrected chi connectivity index (χ0v) is 14.1. The highest BCUT2D eigenvalue weighted by Gasteiger charge is 2.22. The number of aromatic nitrogens is 3. The second kappa shape index (κ2) is 7.38. The lowest BCUT2D eigenvalue weighted by Gasteiger charge is -2.31. The number of pyridine rings is 1. The summed E-state index contributed by atoms with van der Waals surface area (Å²) in [5.41, 5.74) is 2.21. The van der Waals surface area contributed by atoms with Gasteiger partial charge in [0.1, 0.15) is 0 Å². The highest BCUT2D eigenvalue weighted by atomic mass is 16.4. The molecule has 2 aromatic rings. The first-order chi connectivity index (χ1) is 12.0. The van der Waals surface area contributed by atoms with Crippen molar-refractivity contribution in [2.75, 3.05) is 13.1 Å². The molecular formula is C18H20N4O3. The second-order valence-corrected chi connectivity index (χ2v) is 6.34. The van der Waals surface area contributed by atoms with E-state index in [2.05, 4.69) is 15.0 Å². The van der Waals surface area contributed by atoms with Gasteiger partial charge in [-0.2, -0.15) is 0 Å². The number of amides is 1. The Hall–Kier alpha value is -2.83. The molecule has 0 unspecified atom stereocenters. The van der Waals surface area contributed by atoms with Crippen molar-refractivity contribution in [3.8, 4) is 11.3 Å². The molecule has 3 rings (SSSR count). The average molecular weight is 340 g/mol. The number of carbonyl (C=O) groups is 2. The molecule has 0 saturated carbocycles. The predicted octanol–water partition coefficient (Wildman–Crippen LogP) is 2.04. The highest BCUT2D eigenvalue weighted by Crippen LogP contribution is 2.21. The predicted molar refractivity (Wildman–Crippen MR) is 90.9 cm³/mol. The van der Waals surface area contributed by atoms with Crippen molar-refractivity contribution in [1.29, 1.82) is 0 Å². The van der Waals surface area contributed by atoms with Crippen molar-refractivity contribution in [1.82, 2.24) is 19.9 Å². The maximum Gasteiger partial charge on any atom is 0.337 e. The lowest BCUT2D eigenvalue weighted by Crippen LogP contribution is -2.39. The van der Waals surface area contributed by atoms with Gasteiger partial charge < -0.3 is 10.0 Å². The molecule has 0 bridgehead atoms. The third-order valence-electron chi connectivity index (χ3n) is 4.45. The van der Waals surface area contributed by atoms with Gasteiger partial charge in [0.2, 0.25) is 5.91 Å². The lowest BCUT2D eigenvalue weighted by atomic mass is 9.93. The van der Waals surface area contributed by atoms with Crippen molar-refractivity contribution < 1.29 is 14.7 Å². The molecule has 2 aromatic heterocycles. The first-order valence-electron chi connectivity index (χ1n) is 8.28. The van der Waals surface area contributed by atoms with Crippen LogP contribution in [0.4, 0.5) is 0 Å². The highest BCUT2D eigenvalue weighted by molar-refractivity contribution is 5.88. The number of aromatic carboxylic acids is 1. The van der Waals surface area contributed by atoms with Gasteiger partial charge in [0, 0.05) is 44.2 Å². The van der Waals surface area contributed by atoms with Gasteiger partial charge in [0.25, 0.3) is 0 Å². The van der Waals surface area contributed by atoms with E-state index >= 15 is 0 Å². The monoisotopic (exact) mass is 340 g/mol. The molecule has 1 aliphatic heterocycles. The third-order valence-corrected chi connectivity index (χ3v) is 4.45. The Labute approximate surface area is 145 Å². The summed E-state index contributed by atoms with van der Waals surface area (Å²) < 4.78 is 0. The molecule has 0 radical (unpaired) electrons. The molecule has 1 atom stereocenters. The topological polar surface area (TPSA) is 96.3 Å². The van der Waals surface area contributed by atoms with Crippen molar-refractivity contribution in [3.63, 3.8) is 0 Å². The van der Waals surface area contributed by atoms with Crippen LogP contribution in [0.25, 0.3) is 11.3 Å². The number of nitrogens with zero attached hydrogens (tertiary/aromatic N) is 4. The number of rotatable bonds is 4. The number of carbonyl (C=O) groups excluding carboxylic acids is 1. The number of hydrogen-bond acceptors (Lipinski definition) is 5. The SMILES string of the molecule is CC(=O)N1CCC[C@@H](Cc2cnc(-c3cncc(C(=O)O)c3)cn2)C1. The smallest absolute Gasteiger partial charge is 0.337 e. The Morgan fingerprint density at radius 2 is 2.08 bits per heavy atom. The maximum atomic E-state index is 11.5. The maximum absolute atomic E-state index is 11.5. The van der Waals surface area contributed by atoms with Crippen LogP contribution in [0, 0.1) is 5.92 Å². The van der Waals surface area contributed by atoms with E-state index in [0.717, 1.165) is 38.0 Å². The summed E-state index contributed by atoms with van der Waals surface area (Å²) in [6, 6.07) is 1.53. The van der Waals surface area contributed by atoms with Crippen LogP contribution in [-0.2, 0) is 11.2 Å². The van der Waals surface area contributed by atoms with Gasteiger partial charge in [0.05, 0.1) is 23.1 Å². The summed E-state index contributed by atoms with van der Waals surface area (Å²) in [6.45, 7) is 3.21. The van der Waals surface area contributed by atoms with Crippen LogP contribution in [-0.4, -0.2) is 49.9 Å². The lowest BCUT2D eigenvalue weighted by molar-refractivity contribution is -0.130. The average Bonchev–Trinajstić information content (AvgIpc) is 2.62. The molecular weight excluding hydrogens is 320 g/mol. The first-order valence-corrected chi connectivity index (χ1v) is 8.28. The van der Waals surface area contributed by atoms with E-state index in [9.17, 15) is 9.59 Å². The van der Waals surface area contributed by atoms with E-state index in [0.29, 0.717) is 17.2 Å². The largest absolute Gasteiger partial charge is 0.478 e. The summed E-state index contributed by atoms with van der Waals surface area (Å²) in [7, 11) is 0. The molecule has 0 spiro atoms. The number of carboxylic acid groups (broad SMARTS) is 1. The Morgan fingerprint density at radius 3 is 2.76 bits per heavy atom. The van der Waals surface area contributed by atoms with Gasteiger partial charge in [-0.05, 0) is 31.2 Å². The molecule has 25 heavy (non-hydrogen) atoms. The van der Waals surface area contributed by atoms with Gasteiger partial charge in [-0.25, -0.2) is 4.79 Å². The molecule has 1 aliphatic rings. The fraction of sp³-hybridized carbons (Fsp3) is 0.389. The number of likely N-dealkylation sites (tertiary alicyclic amines) is 1. The van der Waals surface area contributed by atoms with Crippen LogP contribution in [0.15, 0.2) is 30.9 Å². The van der Waals surface area contributed by atoms with Crippen LogP contribution in [0.3, 0.4) is 0 Å². The Morgan fingerprint density at radius 1 is 1.24 bits per heavy atom. The molecule has 7 nitrogen and oxygen atoms in total. The minimum absolute atomic E-state index is 0.120. The van der Waals surface area contributed by atoms with E-state index < -0.39 is 5.97 Å². The van der Waals surface area contributed by atoms with E-state index in [4.69, 9.17) is 5.11 Å². The van der Waals surface area contributed by atoms with Gasteiger partial charge in [-0.1, -0.05) is 0 Å². The fourth-order valence-electron chi connectivity index (χ4n) is 3.12.